The average molecular weight is 366 g/mol. The van der Waals surface area contributed by atoms with Crippen LogP contribution in [0.2, 0.25) is 0 Å². The smallest absolute Gasteiger partial charge is 0.261 e. The quantitative estimate of drug-likeness (QED) is 0.901. The van der Waals surface area contributed by atoms with Gasteiger partial charge in [0.05, 0.1) is 15.1 Å². The van der Waals surface area contributed by atoms with E-state index in [1.165, 1.54) is 6.07 Å². The summed E-state index contributed by atoms with van der Waals surface area (Å²) in [5.41, 5.74) is -0.286. The third-order valence-electron chi connectivity index (χ3n) is 2.32. The first-order valence-electron chi connectivity index (χ1n) is 5.22. The molecule has 0 fully saturated rings. The Balaban J connectivity index is 2.37. The van der Waals surface area contributed by atoms with Crippen molar-refractivity contribution in [3.05, 3.63) is 58.3 Å². The molecule has 0 saturated carbocycles. The first-order valence-corrected chi connectivity index (χ1v) is 7.49. The Morgan fingerprint density at radius 1 is 0.950 bits per heavy atom. The summed E-state index contributed by atoms with van der Waals surface area (Å²) in [5, 5.41) is 0. The molecule has 0 radical (unpaired) electrons. The standard InChI is InChI=1S/C12H7BrF3NO2S/c13-11-2-1-10(6-12(11)16)20(18,19)17-9-4-7(14)3-8(15)5-9/h1-6,17H. The minimum atomic E-state index is -4.13. The number of anilines is 1. The van der Waals surface area contributed by atoms with E-state index in [2.05, 4.69) is 15.9 Å². The number of hydrogen-bond donors (Lipinski definition) is 1. The molecule has 3 nitrogen and oxygen atoms in total. The van der Waals surface area contributed by atoms with Crippen LogP contribution < -0.4 is 4.72 Å². The van der Waals surface area contributed by atoms with Crippen LogP contribution in [-0.4, -0.2) is 8.42 Å². The summed E-state index contributed by atoms with van der Waals surface area (Å²) in [4.78, 5) is -0.358. The summed E-state index contributed by atoms with van der Waals surface area (Å²) in [6, 6.07) is 5.41. The second kappa shape index (κ2) is 5.45. The molecule has 0 saturated heterocycles. The maximum atomic E-state index is 13.3. The Hall–Kier alpha value is -1.54. The second-order valence-corrected chi connectivity index (χ2v) is 6.38. The van der Waals surface area contributed by atoms with Crippen LogP contribution in [0.25, 0.3) is 0 Å². The molecule has 20 heavy (non-hydrogen) atoms. The normalized spacial score (nSPS) is 11.4. The Bertz CT molecular complexity index is 745. The molecular weight excluding hydrogens is 359 g/mol. The number of halogens is 4. The summed E-state index contributed by atoms with van der Waals surface area (Å²) in [7, 11) is -4.13. The number of rotatable bonds is 3. The van der Waals surface area contributed by atoms with Gasteiger partial charge in [-0.15, -0.1) is 0 Å². The summed E-state index contributed by atoms with van der Waals surface area (Å²) < 4.78 is 65.3. The molecule has 2 rings (SSSR count). The zero-order valence-corrected chi connectivity index (χ0v) is 12.1. The van der Waals surface area contributed by atoms with Crippen molar-refractivity contribution in [2.24, 2.45) is 0 Å². The van der Waals surface area contributed by atoms with Crippen molar-refractivity contribution in [3.63, 3.8) is 0 Å². The highest BCUT2D eigenvalue weighted by molar-refractivity contribution is 9.10. The predicted molar refractivity (Wildman–Crippen MR) is 71.3 cm³/mol. The first-order chi connectivity index (χ1) is 9.28. The van der Waals surface area contributed by atoms with Gasteiger partial charge >= 0.3 is 0 Å². The van der Waals surface area contributed by atoms with Crippen molar-refractivity contribution in [1.29, 1.82) is 0 Å². The molecule has 0 bridgehead atoms. The molecule has 0 heterocycles. The van der Waals surface area contributed by atoms with Gasteiger partial charge in [-0.05, 0) is 46.3 Å². The van der Waals surface area contributed by atoms with Crippen molar-refractivity contribution in [2.45, 2.75) is 4.90 Å². The van der Waals surface area contributed by atoms with Gasteiger partial charge in [0.1, 0.15) is 17.5 Å². The Labute approximate surface area is 121 Å². The van der Waals surface area contributed by atoms with E-state index in [4.69, 9.17) is 0 Å². The van der Waals surface area contributed by atoms with Gasteiger partial charge in [-0.3, -0.25) is 4.72 Å². The zero-order valence-electron chi connectivity index (χ0n) is 9.70. The molecule has 0 amide bonds. The van der Waals surface area contributed by atoms with Gasteiger partial charge in [-0.25, -0.2) is 21.6 Å². The highest BCUT2D eigenvalue weighted by Crippen LogP contribution is 2.22. The lowest BCUT2D eigenvalue weighted by Gasteiger charge is -2.09. The molecule has 0 atom stereocenters. The fourth-order valence-corrected chi connectivity index (χ4v) is 2.77. The van der Waals surface area contributed by atoms with Gasteiger partial charge in [0.2, 0.25) is 0 Å². The topological polar surface area (TPSA) is 46.2 Å². The molecule has 106 valence electrons. The zero-order chi connectivity index (χ0) is 14.9. The van der Waals surface area contributed by atoms with Crippen molar-refractivity contribution >= 4 is 31.6 Å². The molecule has 0 aliphatic carbocycles. The van der Waals surface area contributed by atoms with E-state index >= 15 is 0 Å². The minimum Gasteiger partial charge on any atom is -0.279 e. The van der Waals surface area contributed by atoms with E-state index in [1.807, 2.05) is 4.72 Å². The molecular formula is C12H7BrF3NO2S. The third kappa shape index (κ3) is 3.31. The van der Waals surface area contributed by atoms with Crippen LogP contribution in [0.5, 0.6) is 0 Å². The van der Waals surface area contributed by atoms with Crippen LogP contribution in [0.1, 0.15) is 0 Å². The number of sulfonamides is 1. The fourth-order valence-electron chi connectivity index (χ4n) is 1.47. The summed E-state index contributed by atoms with van der Waals surface area (Å²) in [6.07, 6.45) is 0. The number of nitrogens with one attached hydrogen (secondary N) is 1. The lowest BCUT2D eigenvalue weighted by Crippen LogP contribution is -2.13. The van der Waals surface area contributed by atoms with Gasteiger partial charge in [0, 0.05) is 6.07 Å². The largest absolute Gasteiger partial charge is 0.279 e. The molecule has 0 aliphatic rings. The number of hydrogen-bond acceptors (Lipinski definition) is 2. The molecule has 0 spiro atoms. The van der Waals surface area contributed by atoms with Crippen LogP contribution in [0.4, 0.5) is 18.9 Å². The van der Waals surface area contributed by atoms with Gasteiger partial charge < -0.3 is 0 Å². The van der Waals surface area contributed by atoms with E-state index < -0.39 is 27.5 Å². The SMILES string of the molecule is O=S(=O)(Nc1cc(F)cc(F)c1)c1ccc(Br)c(F)c1. The molecule has 2 aromatic carbocycles. The lowest BCUT2D eigenvalue weighted by atomic mass is 10.3. The number of benzene rings is 2. The molecule has 8 heteroatoms. The van der Waals surface area contributed by atoms with Crippen LogP contribution in [-0.2, 0) is 10.0 Å². The fraction of sp³-hybridized carbons (Fsp3) is 0. The summed E-state index contributed by atoms with van der Waals surface area (Å²) >= 11 is 2.89. The molecule has 0 aliphatic heterocycles. The first kappa shape index (κ1) is 14.9. The van der Waals surface area contributed by atoms with Gasteiger partial charge in [-0.2, -0.15) is 0 Å². The molecule has 1 N–H and O–H groups in total. The minimum absolute atomic E-state index is 0.105. The summed E-state index contributed by atoms with van der Waals surface area (Å²) in [6.45, 7) is 0. The van der Waals surface area contributed by atoms with E-state index in [-0.39, 0.29) is 15.1 Å². The maximum Gasteiger partial charge on any atom is 0.261 e. The monoisotopic (exact) mass is 365 g/mol. The van der Waals surface area contributed by atoms with E-state index in [9.17, 15) is 21.6 Å². The average Bonchev–Trinajstić information content (AvgIpc) is 2.30. The Morgan fingerprint density at radius 2 is 1.55 bits per heavy atom. The maximum absolute atomic E-state index is 13.3. The van der Waals surface area contributed by atoms with Crippen molar-refractivity contribution in [1.82, 2.24) is 0 Å². The van der Waals surface area contributed by atoms with Crippen molar-refractivity contribution < 1.29 is 21.6 Å². The highest BCUT2D eigenvalue weighted by Gasteiger charge is 2.16. The van der Waals surface area contributed by atoms with Gasteiger partial charge in [-0.1, -0.05) is 0 Å². The van der Waals surface area contributed by atoms with Crippen LogP contribution in [0, 0.1) is 17.5 Å². The van der Waals surface area contributed by atoms with E-state index in [0.29, 0.717) is 6.07 Å². The van der Waals surface area contributed by atoms with Crippen LogP contribution in [0.15, 0.2) is 45.8 Å². The lowest BCUT2D eigenvalue weighted by molar-refractivity contribution is 0.583. The van der Waals surface area contributed by atoms with Gasteiger partial charge in [0.15, 0.2) is 0 Å². The Kier molecular flexibility index (Phi) is 4.05. The van der Waals surface area contributed by atoms with E-state index in [1.54, 1.807) is 0 Å². The van der Waals surface area contributed by atoms with Gasteiger partial charge in [0.25, 0.3) is 10.0 Å². The van der Waals surface area contributed by atoms with E-state index in [0.717, 1.165) is 24.3 Å². The van der Waals surface area contributed by atoms with Crippen molar-refractivity contribution in [2.75, 3.05) is 4.72 Å². The molecule has 0 aromatic heterocycles. The highest BCUT2D eigenvalue weighted by atomic mass is 79.9. The third-order valence-corrected chi connectivity index (χ3v) is 4.34. The van der Waals surface area contributed by atoms with Crippen LogP contribution in [0.3, 0.4) is 0 Å². The second-order valence-electron chi connectivity index (χ2n) is 3.84. The Morgan fingerprint density at radius 3 is 2.10 bits per heavy atom. The van der Waals surface area contributed by atoms with Crippen LogP contribution >= 0.6 is 15.9 Å². The molecule has 0 unspecified atom stereocenters. The molecule has 2 aromatic rings. The predicted octanol–water partition coefficient (Wildman–Crippen LogP) is 3.67. The summed E-state index contributed by atoms with van der Waals surface area (Å²) in [5.74, 6) is -2.62. The van der Waals surface area contributed by atoms with Crippen molar-refractivity contribution in [3.8, 4) is 0 Å².